The van der Waals surface area contributed by atoms with Crippen molar-refractivity contribution in [1.29, 1.82) is 0 Å². The van der Waals surface area contributed by atoms with Crippen molar-refractivity contribution in [3.05, 3.63) is 137 Å². The van der Waals surface area contributed by atoms with Crippen LogP contribution in [0.2, 0.25) is 0 Å². The van der Waals surface area contributed by atoms with Gasteiger partial charge in [0.1, 0.15) is 5.75 Å². The van der Waals surface area contributed by atoms with Gasteiger partial charge in [0.2, 0.25) is 0 Å². The molecular weight excluding hydrogens is 412 g/mol. The number of benzene rings is 4. The number of fused-ring (bicyclic) bond motifs is 2. The molecule has 5 rings (SSSR count). The van der Waals surface area contributed by atoms with E-state index < -0.39 is 5.41 Å². The Kier molecular flexibility index (Phi) is 5.49. The monoisotopic (exact) mass is 442 g/mol. The molecule has 0 radical (unpaired) electrons. The zero-order chi connectivity index (χ0) is 23.9. The molecule has 4 aromatic carbocycles. The minimum Gasteiger partial charge on any atom is -0.508 e. The summed E-state index contributed by atoms with van der Waals surface area (Å²) in [5.74, 6) is 0.293. The fourth-order valence-corrected chi connectivity index (χ4v) is 5.88. The second-order valence-electron chi connectivity index (χ2n) is 8.87. The van der Waals surface area contributed by atoms with Crippen LogP contribution in [0.4, 0.5) is 0 Å². The Morgan fingerprint density at radius 3 is 1.56 bits per heavy atom. The molecule has 1 atom stereocenters. The molecule has 34 heavy (non-hydrogen) atoms. The van der Waals surface area contributed by atoms with Crippen molar-refractivity contribution in [3.8, 4) is 5.75 Å². The summed E-state index contributed by atoms with van der Waals surface area (Å²) in [7, 11) is 0. The standard InChI is InChI=1S/C33H30O/c1-5-29-30(6-2)32(8-4)33(31(29)7-3,26-16-13-22-11-9-10-12-23(22)19-26)27-17-14-25-21-28(34)18-15-24(25)20-27/h5-21,34H,1-4H3/b29-5-,30-6?,31-7+,32-8+. The molecule has 168 valence electrons. The van der Waals surface area contributed by atoms with E-state index in [1.54, 1.807) is 6.07 Å². The van der Waals surface area contributed by atoms with Crippen LogP contribution in [-0.2, 0) is 5.41 Å². The third-order valence-corrected chi connectivity index (χ3v) is 7.27. The highest BCUT2D eigenvalue weighted by atomic mass is 16.3. The molecule has 0 aliphatic heterocycles. The lowest BCUT2D eigenvalue weighted by Gasteiger charge is -2.35. The van der Waals surface area contributed by atoms with Gasteiger partial charge >= 0.3 is 0 Å². The van der Waals surface area contributed by atoms with Crippen molar-refractivity contribution in [3.63, 3.8) is 0 Å². The predicted octanol–water partition coefficient (Wildman–Crippen LogP) is 8.78. The van der Waals surface area contributed by atoms with Crippen LogP contribution in [0.25, 0.3) is 21.5 Å². The first-order valence-electron chi connectivity index (χ1n) is 12.0. The summed E-state index contributed by atoms with van der Waals surface area (Å²) in [5.41, 5.74) is 7.27. The van der Waals surface area contributed by atoms with Gasteiger partial charge in [-0.15, -0.1) is 0 Å². The van der Waals surface area contributed by atoms with Gasteiger partial charge < -0.3 is 5.11 Å². The van der Waals surface area contributed by atoms with Crippen molar-refractivity contribution >= 4 is 21.5 Å². The van der Waals surface area contributed by atoms with Crippen LogP contribution in [0.5, 0.6) is 5.75 Å². The van der Waals surface area contributed by atoms with Crippen molar-refractivity contribution in [2.24, 2.45) is 0 Å². The lowest BCUT2D eigenvalue weighted by molar-refractivity contribution is 0.476. The number of hydrogen-bond acceptors (Lipinski definition) is 1. The minimum atomic E-state index is -0.427. The van der Waals surface area contributed by atoms with Crippen LogP contribution in [0, 0.1) is 0 Å². The molecular formula is C33H30O. The lowest BCUT2D eigenvalue weighted by Crippen LogP contribution is -2.28. The van der Waals surface area contributed by atoms with E-state index in [1.165, 1.54) is 44.2 Å². The van der Waals surface area contributed by atoms with Crippen LogP contribution in [0.1, 0.15) is 38.8 Å². The highest BCUT2D eigenvalue weighted by Gasteiger charge is 2.49. The number of phenolic OH excluding ortho intramolecular Hbond substituents is 1. The van der Waals surface area contributed by atoms with E-state index in [0.29, 0.717) is 5.75 Å². The summed E-state index contributed by atoms with van der Waals surface area (Å²) < 4.78 is 0. The van der Waals surface area contributed by atoms with Crippen molar-refractivity contribution in [1.82, 2.24) is 0 Å². The zero-order valence-corrected chi connectivity index (χ0v) is 20.3. The minimum absolute atomic E-state index is 0.293. The van der Waals surface area contributed by atoms with Gasteiger partial charge in [0.25, 0.3) is 0 Å². The highest BCUT2D eigenvalue weighted by molar-refractivity contribution is 5.89. The molecule has 0 bridgehead atoms. The van der Waals surface area contributed by atoms with Crippen molar-refractivity contribution in [2.45, 2.75) is 33.1 Å². The van der Waals surface area contributed by atoms with Gasteiger partial charge in [-0.2, -0.15) is 0 Å². The molecule has 1 fully saturated rings. The van der Waals surface area contributed by atoms with E-state index in [1.807, 2.05) is 12.1 Å². The van der Waals surface area contributed by atoms with E-state index in [2.05, 4.69) is 113 Å². The van der Waals surface area contributed by atoms with Crippen LogP contribution in [0.15, 0.2) is 125 Å². The van der Waals surface area contributed by atoms with Crippen LogP contribution >= 0.6 is 0 Å². The Labute approximate surface area is 202 Å². The normalized spacial score (nSPS) is 23.2. The first kappa shape index (κ1) is 22.0. The van der Waals surface area contributed by atoms with Gasteiger partial charge in [-0.25, -0.2) is 0 Å². The molecule has 1 aliphatic rings. The molecule has 0 aromatic heterocycles. The van der Waals surface area contributed by atoms with E-state index in [0.717, 1.165) is 10.8 Å². The topological polar surface area (TPSA) is 20.2 Å². The predicted molar refractivity (Wildman–Crippen MR) is 145 cm³/mol. The average Bonchev–Trinajstić information content (AvgIpc) is 3.17. The third kappa shape index (κ3) is 3.08. The quantitative estimate of drug-likeness (QED) is 0.329. The van der Waals surface area contributed by atoms with Gasteiger partial charge in [0.15, 0.2) is 0 Å². The lowest BCUT2D eigenvalue weighted by atomic mass is 9.66. The third-order valence-electron chi connectivity index (χ3n) is 7.27. The first-order valence-corrected chi connectivity index (χ1v) is 12.0. The summed E-state index contributed by atoms with van der Waals surface area (Å²) in [6.45, 7) is 8.57. The smallest absolute Gasteiger partial charge is 0.116 e. The van der Waals surface area contributed by atoms with E-state index in [-0.39, 0.29) is 0 Å². The number of phenols is 1. The molecule has 0 saturated heterocycles. The molecule has 1 saturated carbocycles. The molecule has 1 nitrogen and oxygen atoms in total. The molecule has 4 aromatic rings. The van der Waals surface area contributed by atoms with Crippen LogP contribution < -0.4 is 0 Å². The van der Waals surface area contributed by atoms with Gasteiger partial charge in [-0.05, 0) is 107 Å². The number of aromatic hydroxyl groups is 1. The summed E-state index contributed by atoms with van der Waals surface area (Å²) in [6, 6.07) is 27.7. The molecule has 0 amide bonds. The van der Waals surface area contributed by atoms with Gasteiger partial charge in [-0.3, -0.25) is 0 Å². The van der Waals surface area contributed by atoms with Gasteiger partial charge in [0, 0.05) is 0 Å². The van der Waals surface area contributed by atoms with E-state index >= 15 is 0 Å². The maximum atomic E-state index is 10.0. The second kappa shape index (κ2) is 8.50. The molecule has 1 heteroatoms. The van der Waals surface area contributed by atoms with Gasteiger partial charge in [0.05, 0.1) is 5.41 Å². The van der Waals surface area contributed by atoms with E-state index in [9.17, 15) is 5.11 Å². The second-order valence-corrected chi connectivity index (χ2v) is 8.87. The summed E-state index contributed by atoms with van der Waals surface area (Å²) in [6.07, 6.45) is 9.06. The summed E-state index contributed by atoms with van der Waals surface area (Å²) in [4.78, 5) is 0. The summed E-state index contributed by atoms with van der Waals surface area (Å²) >= 11 is 0. The molecule has 1 aliphatic carbocycles. The largest absolute Gasteiger partial charge is 0.508 e. The van der Waals surface area contributed by atoms with E-state index in [4.69, 9.17) is 0 Å². The average molecular weight is 443 g/mol. The highest BCUT2D eigenvalue weighted by Crippen LogP contribution is 2.58. The van der Waals surface area contributed by atoms with Crippen molar-refractivity contribution < 1.29 is 5.11 Å². The fourth-order valence-electron chi connectivity index (χ4n) is 5.88. The van der Waals surface area contributed by atoms with Gasteiger partial charge in [-0.1, -0.05) is 78.9 Å². The SMILES string of the molecule is CC=C1C(=C/C)/C(=C\C)C(c2ccc3ccccc3c2)(c2ccc3cc(O)ccc3c2)/C1=C/C. The Hall–Kier alpha value is -3.84. The molecule has 0 spiro atoms. The first-order chi connectivity index (χ1) is 16.6. The maximum absolute atomic E-state index is 10.0. The Balaban J connectivity index is 1.93. The molecule has 0 heterocycles. The molecule has 1 unspecified atom stereocenters. The number of hydrogen-bond donors (Lipinski definition) is 1. The zero-order valence-electron chi connectivity index (χ0n) is 20.3. The Morgan fingerprint density at radius 1 is 0.529 bits per heavy atom. The van der Waals surface area contributed by atoms with Crippen LogP contribution in [-0.4, -0.2) is 5.11 Å². The van der Waals surface area contributed by atoms with Crippen LogP contribution in [0.3, 0.4) is 0 Å². The maximum Gasteiger partial charge on any atom is 0.116 e. The summed E-state index contributed by atoms with van der Waals surface area (Å²) in [5, 5.41) is 14.6. The number of allylic oxidation sites excluding steroid dienone is 8. The molecule has 1 N–H and O–H groups in total. The number of rotatable bonds is 2. The fraction of sp³-hybridized carbons (Fsp3) is 0.152. The van der Waals surface area contributed by atoms with Crippen molar-refractivity contribution in [2.75, 3.05) is 0 Å². The Morgan fingerprint density at radius 2 is 1.00 bits per heavy atom. The Bertz CT molecular complexity index is 1510.